The van der Waals surface area contributed by atoms with E-state index in [1.54, 1.807) is 24.4 Å². The van der Waals surface area contributed by atoms with Crippen LogP contribution in [0.3, 0.4) is 0 Å². The quantitative estimate of drug-likeness (QED) is 0.525. The van der Waals surface area contributed by atoms with Crippen LogP contribution in [0.2, 0.25) is 0 Å². The van der Waals surface area contributed by atoms with Gasteiger partial charge in [0.1, 0.15) is 5.82 Å². The van der Waals surface area contributed by atoms with Crippen molar-refractivity contribution >= 4 is 16.8 Å². The van der Waals surface area contributed by atoms with Gasteiger partial charge in [0.2, 0.25) is 0 Å². The third kappa shape index (κ3) is 3.76. The van der Waals surface area contributed by atoms with Gasteiger partial charge in [-0.05, 0) is 38.0 Å². The number of aromatic nitrogens is 4. The van der Waals surface area contributed by atoms with Crippen molar-refractivity contribution in [3.8, 4) is 0 Å². The van der Waals surface area contributed by atoms with Gasteiger partial charge in [-0.1, -0.05) is 41.6 Å². The van der Waals surface area contributed by atoms with Gasteiger partial charge in [-0.3, -0.25) is 4.79 Å². The highest BCUT2D eigenvalue weighted by Crippen LogP contribution is 2.22. The van der Waals surface area contributed by atoms with Gasteiger partial charge in [-0.15, -0.1) is 5.10 Å². The molecule has 148 valence electrons. The van der Waals surface area contributed by atoms with E-state index in [2.05, 4.69) is 26.7 Å². The number of amides is 1. The molecular weight excluding hydrogens is 369 g/mol. The minimum Gasteiger partial charge on any atom is -0.358 e. The first-order valence-electron chi connectivity index (χ1n) is 9.55. The number of hydrogen-bond donors (Lipinski definition) is 2. The van der Waals surface area contributed by atoms with Gasteiger partial charge >= 0.3 is 0 Å². The summed E-state index contributed by atoms with van der Waals surface area (Å²) in [4.78, 5) is 15.8. The first kappa shape index (κ1) is 18.9. The molecule has 4 rings (SSSR count). The van der Waals surface area contributed by atoms with Crippen molar-refractivity contribution in [2.75, 3.05) is 6.54 Å². The van der Waals surface area contributed by atoms with Crippen molar-refractivity contribution in [3.05, 3.63) is 83.1 Å². The van der Waals surface area contributed by atoms with E-state index in [1.165, 1.54) is 21.7 Å². The van der Waals surface area contributed by atoms with Crippen LogP contribution in [-0.2, 0) is 6.42 Å². The summed E-state index contributed by atoms with van der Waals surface area (Å²) < 4.78 is 15.5. The normalized spacial score (nSPS) is 12.2. The molecule has 6 nitrogen and oxygen atoms in total. The fourth-order valence-corrected chi connectivity index (χ4v) is 3.57. The van der Waals surface area contributed by atoms with E-state index in [0.29, 0.717) is 18.5 Å². The van der Waals surface area contributed by atoms with Crippen LogP contribution in [0.5, 0.6) is 0 Å². The van der Waals surface area contributed by atoms with Crippen LogP contribution in [0.4, 0.5) is 4.39 Å². The molecule has 0 aliphatic heterocycles. The summed E-state index contributed by atoms with van der Waals surface area (Å²) in [5, 5.41) is 12.0. The van der Waals surface area contributed by atoms with E-state index in [1.807, 2.05) is 32.0 Å². The highest BCUT2D eigenvalue weighted by Gasteiger charge is 2.17. The first-order chi connectivity index (χ1) is 14.0. The Bertz CT molecular complexity index is 1160. The Labute approximate surface area is 167 Å². The summed E-state index contributed by atoms with van der Waals surface area (Å²) in [6.07, 6.45) is 2.25. The zero-order valence-corrected chi connectivity index (χ0v) is 16.3. The predicted octanol–water partition coefficient (Wildman–Crippen LogP) is 3.79. The lowest BCUT2D eigenvalue weighted by molar-refractivity contribution is 0.0949. The molecule has 4 aromatic rings. The molecule has 0 bridgehead atoms. The first-order valence-corrected chi connectivity index (χ1v) is 9.55. The fraction of sp³-hybridized carbons (Fsp3) is 0.227. The van der Waals surface area contributed by atoms with Gasteiger partial charge in [0, 0.05) is 28.7 Å². The van der Waals surface area contributed by atoms with Gasteiger partial charge in [0.15, 0.2) is 5.69 Å². The number of aryl methyl sites for hydroxylation is 1. The zero-order valence-electron chi connectivity index (χ0n) is 16.3. The molecule has 29 heavy (non-hydrogen) atoms. The highest BCUT2D eigenvalue weighted by atomic mass is 19.1. The maximum absolute atomic E-state index is 14.0. The van der Waals surface area contributed by atoms with Crippen LogP contribution in [-0.4, -0.2) is 32.4 Å². The van der Waals surface area contributed by atoms with E-state index in [0.717, 1.165) is 11.2 Å². The number of carbonyl (C=O) groups excluding carboxylic acids is 1. The lowest BCUT2D eigenvalue weighted by Crippen LogP contribution is -2.26. The van der Waals surface area contributed by atoms with Crippen LogP contribution in [0.1, 0.15) is 40.3 Å². The lowest BCUT2D eigenvalue weighted by atomic mass is 10.1. The molecule has 0 aliphatic carbocycles. The maximum atomic E-state index is 14.0. The molecule has 0 spiro atoms. The average molecular weight is 391 g/mol. The molecule has 0 saturated carbocycles. The number of hydrogen-bond acceptors (Lipinski definition) is 3. The topological polar surface area (TPSA) is 75.6 Å². The molecule has 2 aromatic carbocycles. The number of halogens is 1. The van der Waals surface area contributed by atoms with Gasteiger partial charge in [0.25, 0.3) is 5.91 Å². The molecule has 2 aromatic heterocycles. The third-order valence-electron chi connectivity index (χ3n) is 5.18. The molecule has 7 heteroatoms. The monoisotopic (exact) mass is 391 g/mol. The minimum absolute atomic E-state index is 0.212. The Balaban J connectivity index is 1.41. The minimum atomic E-state index is -0.362. The molecule has 0 radical (unpaired) electrons. The average Bonchev–Trinajstić information content (AvgIpc) is 3.33. The second-order valence-electron chi connectivity index (χ2n) is 7.06. The number of rotatable bonds is 6. The van der Waals surface area contributed by atoms with Crippen LogP contribution in [0.15, 0.2) is 54.7 Å². The number of nitrogens with zero attached hydrogens (tertiary/aromatic N) is 3. The zero-order chi connectivity index (χ0) is 20.4. The summed E-state index contributed by atoms with van der Waals surface area (Å²) in [5.74, 6) is -0.606. The molecule has 0 saturated heterocycles. The van der Waals surface area contributed by atoms with Crippen molar-refractivity contribution in [1.29, 1.82) is 0 Å². The summed E-state index contributed by atoms with van der Waals surface area (Å²) in [6, 6.07) is 14.3. The smallest absolute Gasteiger partial charge is 0.273 e. The maximum Gasteiger partial charge on any atom is 0.273 e. The number of para-hydroxylation sites is 1. The standard InChI is InChI=1S/C22H22FN5O/c1-14-16(18-8-4-6-10-20(18)25-14)11-12-24-22(29)21-13-28(27-26-21)15(2)17-7-3-5-9-19(17)23/h3-10,13,15,25H,11-12H2,1-2H3,(H,24,29)/t15-/m1/s1. The highest BCUT2D eigenvalue weighted by molar-refractivity contribution is 5.92. The lowest BCUT2D eigenvalue weighted by Gasteiger charge is -2.12. The Morgan fingerprint density at radius 2 is 1.97 bits per heavy atom. The van der Waals surface area contributed by atoms with Gasteiger partial charge in [0.05, 0.1) is 12.2 Å². The molecule has 0 unspecified atom stereocenters. The third-order valence-corrected chi connectivity index (χ3v) is 5.18. The SMILES string of the molecule is Cc1[nH]c2ccccc2c1CCNC(=O)c1cn([C@H](C)c2ccccc2F)nn1. The Hall–Kier alpha value is -3.48. The van der Waals surface area contributed by atoms with E-state index in [4.69, 9.17) is 0 Å². The summed E-state index contributed by atoms with van der Waals surface area (Å²) >= 11 is 0. The van der Waals surface area contributed by atoms with Crippen LogP contribution in [0, 0.1) is 12.7 Å². The van der Waals surface area contributed by atoms with Crippen molar-refractivity contribution < 1.29 is 9.18 Å². The van der Waals surface area contributed by atoms with Crippen molar-refractivity contribution in [3.63, 3.8) is 0 Å². The van der Waals surface area contributed by atoms with E-state index in [9.17, 15) is 9.18 Å². The van der Waals surface area contributed by atoms with E-state index >= 15 is 0 Å². The second-order valence-corrected chi connectivity index (χ2v) is 7.06. The molecule has 2 heterocycles. The van der Waals surface area contributed by atoms with E-state index in [-0.39, 0.29) is 23.5 Å². The largest absolute Gasteiger partial charge is 0.358 e. The molecule has 0 aliphatic rings. The molecule has 1 atom stereocenters. The Kier molecular flexibility index (Phi) is 5.12. The van der Waals surface area contributed by atoms with Crippen LogP contribution >= 0.6 is 0 Å². The molecule has 1 amide bonds. The molecule has 0 fully saturated rings. The second kappa shape index (κ2) is 7.87. The Morgan fingerprint density at radius 3 is 2.79 bits per heavy atom. The molecular formula is C22H22FN5O. The number of benzene rings is 2. The van der Waals surface area contributed by atoms with Crippen LogP contribution < -0.4 is 5.32 Å². The van der Waals surface area contributed by atoms with Crippen molar-refractivity contribution in [1.82, 2.24) is 25.3 Å². The number of aromatic amines is 1. The van der Waals surface area contributed by atoms with Gasteiger partial charge in [-0.2, -0.15) is 0 Å². The fourth-order valence-electron chi connectivity index (χ4n) is 3.57. The summed E-state index contributed by atoms with van der Waals surface area (Å²) in [7, 11) is 0. The summed E-state index contributed by atoms with van der Waals surface area (Å²) in [6.45, 7) is 4.33. The van der Waals surface area contributed by atoms with Crippen molar-refractivity contribution in [2.24, 2.45) is 0 Å². The number of H-pyrrole nitrogens is 1. The van der Waals surface area contributed by atoms with Gasteiger partial charge in [-0.25, -0.2) is 9.07 Å². The van der Waals surface area contributed by atoms with Gasteiger partial charge < -0.3 is 10.3 Å². The number of nitrogens with one attached hydrogen (secondary N) is 2. The number of fused-ring (bicyclic) bond motifs is 1. The summed E-state index contributed by atoms with van der Waals surface area (Å²) in [5.41, 5.74) is 4.10. The predicted molar refractivity (Wildman–Crippen MR) is 109 cm³/mol. The number of carbonyl (C=O) groups is 1. The van der Waals surface area contributed by atoms with E-state index < -0.39 is 0 Å². The van der Waals surface area contributed by atoms with Crippen LogP contribution in [0.25, 0.3) is 10.9 Å². The molecule has 2 N–H and O–H groups in total. The van der Waals surface area contributed by atoms with Crippen molar-refractivity contribution in [2.45, 2.75) is 26.3 Å². The Morgan fingerprint density at radius 1 is 1.21 bits per heavy atom.